The van der Waals surface area contributed by atoms with Crippen molar-refractivity contribution < 1.29 is 29.7 Å². The SMILES string of the molecule is CN(C)CC1CC(O)CN1C(=O)N(CC(=O)O)CC(=O)O. The average molecular weight is 303 g/mol. The highest BCUT2D eigenvalue weighted by molar-refractivity contribution is 5.84. The number of carboxylic acids is 2. The fourth-order valence-corrected chi connectivity index (χ4v) is 2.42. The first-order valence-corrected chi connectivity index (χ1v) is 6.52. The van der Waals surface area contributed by atoms with Crippen molar-refractivity contribution >= 4 is 18.0 Å². The van der Waals surface area contributed by atoms with Crippen LogP contribution in [0, 0.1) is 0 Å². The Bertz CT molecular complexity index is 398. The predicted molar refractivity (Wildman–Crippen MR) is 71.9 cm³/mol. The van der Waals surface area contributed by atoms with Crippen LogP contribution in [0.2, 0.25) is 0 Å². The summed E-state index contributed by atoms with van der Waals surface area (Å²) in [5.74, 6) is -2.57. The van der Waals surface area contributed by atoms with E-state index >= 15 is 0 Å². The van der Waals surface area contributed by atoms with Gasteiger partial charge < -0.3 is 30.0 Å². The number of aliphatic carboxylic acids is 2. The van der Waals surface area contributed by atoms with Gasteiger partial charge in [0.05, 0.1) is 6.10 Å². The molecule has 1 aliphatic heterocycles. The second kappa shape index (κ2) is 7.23. The summed E-state index contributed by atoms with van der Waals surface area (Å²) in [6.07, 6.45) is -0.298. The van der Waals surface area contributed by atoms with E-state index in [1.54, 1.807) is 0 Å². The lowest BCUT2D eigenvalue weighted by molar-refractivity contribution is -0.140. The van der Waals surface area contributed by atoms with E-state index in [1.807, 2.05) is 19.0 Å². The number of carbonyl (C=O) groups excluding carboxylic acids is 1. The fraction of sp³-hybridized carbons (Fsp3) is 0.750. The van der Waals surface area contributed by atoms with Crippen LogP contribution in [0.1, 0.15) is 6.42 Å². The topological polar surface area (TPSA) is 122 Å². The minimum absolute atomic E-state index is 0.0765. The Labute approximate surface area is 122 Å². The number of nitrogens with zero attached hydrogens (tertiary/aromatic N) is 3. The third-order valence-electron chi connectivity index (χ3n) is 3.14. The summed E-state index contributed by atoms with van der Waals surface area (Å²) in [6.45, 7) is -0.789. The van der Waals surface area contributed by atoms with Crippen LogP contribution in [0.3, 0.4) is 0 Å². The van der Waals surface area contributed by atoms with Crippen molar-refractivity contribution in [3.05, 3.63) is 0 Å². The lowest BCUT2D eigenvalue weighted by Crippen LogP contribution is -2.51. The molecule has 0 aromatic rings. The third kappa shape index (κ3) is 5.20. The number of aliphatic hydroxyl groups is 1. The van der Waals surface area contributed by atoms with Gasteiger partial charge in [-0.15, -0.1) is 0 Å². The van der Waals surface area contributed by atoms with Crippen LogP contribution in [0.25, 0.3) is 0 Å². The summed E-state index contributed by atoms with van der Waals surface area (Å²) in [7, 11) is 3.64. The molecule has 3 N–H and O–H groups in total. The number of urea groups is 1. The summed E-state index contributed by atoms with van der Waals surface area (Å²) in [6, 6.07) is -0.948. The number of hydrogen-bond donors (Lipinski definition) is 3. The first-order valence-electron chi connectivity index (χ1n) is 6.52. The van der Waals surface area contributed by atoms with Crippen LogP contribution in [0.4, 0.5) is 4.79 Å². The number of aliphatic hydroxyl groups excluding tert-OH is 1. The van der Waals surface area contributed by atoms with Crippen molar-refractivity contribution in [2.75, 3.05) is 40.3 Å². The minimum Gasteiger partial charge on any atom is -0.480 e. The van der Waals surface area contributed by atoms with Gasteiger partial charge in [-0.1, -0.05) is 0 Å². The van der Waals surface area contributed by atoms with Gasteiger partial charge in [0.25, 0.3) is 0 Å². The molecule has 0 bridgehead atoms. The van der Waals surface area contributed by atoms with Gasteiger partial charge in [0.15, 0.2) is 0 Å². The molecule has 0 aromatic heterocycles. The molecule has 0 saturated carbocycles. The smallest absolute Gasteiger partial charge is 0.323 e. The molecule has 9 heteroatoms. The zero-order valence-corrected chi connectivity index (χ0v) is 12.1. The van der Waals surface area contributed by atoms with Crippen molar-refractivity contribution in [3.63, 3.8) is 0 Å². The standard InChI is InChI=1S/C12H21N3O6/c1-13(2)4-8-3-9(16)5-15(8)12(21)14(6-10(17)18)7-11(19)20/h8-9,16H,3-7H2,1-2H3,(H,17,18)(H,19,20). The van der Waals surface area contributed by atoms with Crippen molar-refractivity contribution in [1.29, 1.82) is 0 Å². The average Bonchev–Trinajstić information content (AvgIpc) is 2.66. The van der Waals surface area contributed by atoms with Gasteiger partial charge in [-0.2, -0.15) is 0 Å². The number of amides is 2. The van der Waals surface area contributed by atoms with E-state index in [9.17, 15) is 19.5 Å². The monoisotopic (exact) mass is 303 g/mol. The van der Waals surface area contributed by atoms with Crippen LogP contribution in [0.15, 0.2) is 0 Å². The zero-order valence-electron chi connectivity index (χ0n) is 12.1. The molecule has 1 fully saturated rings. The molecule has 120 valence electrons. The molecule has 0 aromatic carbocycles. The lowest BCUT2D eigenvalue weighted by atomic mass is 10.2. The Morgan fingerprint density at radius 2 is 1.67 bits per heavy atom. The van der Waals surface area contributed by atoms with Crippen LogP contribution < -0.4 is 0 Å². The van der Waals surface area contributed by atoms with Crippen molar-refractivity contribution in [3.8, 4) is 0 Å². The molecule has 0 spiro atoms. The van der Waals surface area contributed by atoms with Gasteiger partial charge in [-0.25, -0.2) is 4.79 Å². The highest BCUT2D eigenvalue weighted by Gasteiger charge is 2.37. The molecular weight excluding hydrogens is 282 g/mol. The second-order valence-electron chi connectivity index (χ2n) is 5.38. The van der Waals surface area contributed by atoms with Gasteiger partial charge in [-0.05, 0) is 20.5 Å². The normalized spacial score (nSPS) is 21.6. The van der Waals surface area contributed by atoms with Gasteiger partial charge in [-0.3, -0.25) is 9.59 Å². The van der Waals surface area contributed by atoms with Gasteiger partial charge >= 0.3 is 18.0 Å². The highest BCUT2D eigenvalue weighted by Crippen LogP contribution is 2.20. The number of β-amino-alcohol motifs (C(OH)–C–C–N with tert-alkyl or cyclic N) is 1. The number of likely N-dealkylation sites (N-methyl/N-ethyl adjacent to an activating group) is 1. The molecule has 2 unspecified atom stereocenters. The molecule has 2 amide bonds. The van der Waals surface area contributed by atoms with E-state index in [0.29, 0.717) is 13.0 Å². The Hall–Kier alpha value is -1.87. The summed E-state index contributed by atoms with van der Waals surface area (Å²) in [5.41, 5.74) is 0. The zero-order chi connectivity index (χ0) is 16.2. The Balaban J connectivity index is 2.84. The number of likely N-dealkylation sites (tertiary alicyclic amines) is 1. The molecule has 1 saturated heterocycles. The van der Waals surface area contributed by atoms with Crippen molar-refractivity contribution in [2.24, 2.45) is 0 Å². The largest absolute Gasteiger partial charge is 0.480 e. The number of rotatable bonds is 6. The van der Waals surface area contributed by atoms with E-state index in [1.165, 1.54) is 4.90 Å². The van der Waals surface area contributed by atoms with Gasteiger partial charge in [0.1, 0.15) is 13.1 Å². The van der Waals surface area contributed by atoms with Crippen LogP contribution in [-0.2, 0) is 9.59 Å². The fourth-order valence-electron chi connectivity index (χ4n) is 2.42. The molecule has 0 aliphatic carbocycles. The Kier molecular flexibility index (Phi) is 5.91. The van der Waals surface area contributed by atoms with Crippen LogP contribution >= 0.6 is 0 Å². The van der Waals surface area contributed by atoms with Crippen molar-refractivity contribution in [2.45, 2.75) is 18.6 Å². The number of carboxylic acid groups (broad SMARTS) is 2. The summed E-state index contributed by atoms with van der Waals surface area (Å²) >= 11 is 0. The maximum Gasteiger partial charge on any atom is 0.323 e. The Morgan fingerprint density at radius 1 is 1.14 bits per heavy atom. The quantitative estimate of drug-likeness (QED) is 0.550. The molecule has 1 aliphatic rings. The predicted octanol–water partition coefficient (Wildman–Crippen LogP) is -1.43. The summed E-state index contributed by atoms with van der Waals surface area (Å²) in [5, 5.41) is 27.3. The Morgan fingerprint density at radius 3 is 2.10 bits per heavy atom. The molecule has 1 heterocycles. The third-order valence-corrected chi connectivity index (χ3v) is 3.14. The number of hydrogen-bond acceptors (Lipinski definition) is 5. The molecule has 9 nitrogen and oxygen atoms in total. The highest BCUT2D eigenvalue weighted by atomic mass is 16.4. The second-order valence-corrected chi connectivity index (χ2v) is 5.38. The van der Waals surface area contributed by atoms with Gasteiger partial charge in [0, 0.05) is 19.1 Å². The van der Waals surface area contributed by atoms with Crippen LogP contribution in [-0.4, -0.2) is 100 Å². The minimum atomic E-state index is -1.28. The first-order chi connectivity index (χ1) is 9.70. The van der Waals surface area contributed by atoms with Crippen LogP contribution in [0.5, 0.6) is 0 Å². The maximum atomic E-state index is 12.3. The maximum absolute atomic E-state index is 12.3. The van der Waals surface area contributed by atoms with E-state index < -0.39 is 37.2 Å². The van der Waals surface area contributed by atoms with Crippen molar-refractivity contribution in [1.82, 2.24) is 14.7 Å². The van der Waals surface area contributed by atoms with E-state index in [4.69, 9.17) is 10.2 Å². The molecule has 1 rings (SSSR count). The molecule has 0 radical (unpaired) electrons. The van der Waals surface area contributed by atoms with E-state index in [2.05, 4.69) is 0 Å². The summed E-state index contributed by atoms with van der Waals surface area (Å²) in [4.78, 5) is 37.8. The van der Waals surface area contributed by atoms with E-state index in [-0.39, 0.29) is 12.6 Å². The molecular formula is C12H21N3O6. The summed E-state index contributed by atoms with van der Waals surface area (Å²) < 4.78 is 0. The molecule has 21 heavy (non-hydrogen) atoms. The van der Waals surface area contributed by atoms with E-state index in [0.717, 1.165) is 4.90 Å². The van der Waals surface area contributed by atoms with Gasteiger partial charge in [0.2, 0.25) is 0 Å². The lowest BCUT2D eigenvalue weighted by Gasteiger charge is -2.31. The molecule has 2 atom stereocenters. The number of carbonyl (C=O) groups is 3. The first kappa shape index (κ1) is 17.2.